The highest BCUT2D eigenvalue weighted by atomic mass is 16.5. The van der Waals surface area contributed by atoms with Gasteiger partial charge in [0.25, 0.3) is 0 Å². The average Bonchev–Trinajstić information content (AvgIpc) is 3.17. The number of aromatic amines is 1. The Hall–Kier alpha value is -3.94. The second-order valence-electron chi connectivity index (χ2n) is 6.10. The first-order valence-corrected chi connectivity index (χ1v) is 8.64. The smallest absolute Gasteiger partial charge is 0.321 e. The van der Waals surface area contributed by atoms with Crippen molar-refractivity contribution in [3.63, 3.8) is 0 Å². The van der Waals surface area contributed by atoms with Crippen LogP contribution in [0.1, 0.15) is 15.9 Å². The number of H-pyrrole nitrogens is 1. The highest BCUT2D eigenvalue weighted by Crippen LogP contribution is 2.29. The minimum absolute atomic E-state index is 0.189. The first-order chi connectivity index (χ1) is 13.7. The van der Waals surface area contributed by atoms with Crippen LogP contribution in [-0.2, 0) is 6.54 Å². The Labute approximate surface area is 160 Å². The lowest BCUT2D eigenvalue weighted by Crippen LogP contribution is -2.10. The maximum atomic E-state index is 11.7. The van der Waals surface area contributed by atoms with Crippen molar-refractivity contribution >= 4 is 22.6 Å². The zero-order valence-corrected chi connectivity index (χ0v) is 15.1. The van der Waals surface area contributed by atoms with Crippen molar-refractivity contribution in [3.05, 3.63) is 65.9 Å². The van der Waals surface area contributed by atoms with Gasteiger partial charge in [-0.05, 0) is 11.6 Å². The quantitative estimate of drug-likeness (QED) is 0.477. The minimum atomic E-state index is -0.491. The number of benzene rings is 2. The Morgan fingerprint density at radius 3 is 2.64 bits per heavy atom. The van der Waals surface area contributed by atoms with Gasteiger partial charge in [0.15, 0.2) is 5.82 Å². The summed E-state index contributed by atoms with van der Waals surface area (Å²) in [7, 11) is 1.50. The Balaban J connectivity index is 1.73. The molecular weight excluding hydrogens is 356 g/mol. The predicted octanol–water partition coefficient (Wildman–Crippen LogP) is 2.74. The third kappa shape index (κ3) is 3.35. The van der Waals surface area contributed by atoms with Gasteiger partial charge >= 0.3 is 6.01 Å². The summed E-state index contributed by atoms with van der Waals surface area (Å²) < 4.78 is 5.23. The number of anilines is 1. The zero-order valence-electron chi connectivity index (χ0n) is 15.1. The predicted molar refractivity (Wildman–Crippen MR) is 106 cm³/mol. The fraction of sp³-hybridized carbons (Fsp3) is 0.100. The minimum Gasteiger partial charge on any atom is -0.467 e. The van der Waals surface area contributed by atoms with Crippen molar-refractivity contribution in [3.8, 4) is 17.5 Å². The third-order valence-electron chi connectivity index (χ3n) is 4.32. The van der Waals surface area contributed by atoms with Gasteiger partial charge in [-0.1, -0.05) is 42.5 Å². The van der Waals surface area contributed by atoms with E-state index < -0.39 is 5.91 Å². The lowest BCUT2D eigenvalue weighted by atomic mass is 10.1. The van der Waals surface area contributed by atoms with Gasteiger partial charge in [0, 0.05) is 29.1 Å². The van der Waals surface area contributed by atoms with Gasteiger partial charge in [0.2, 0.25) is 11.9 Å². The molecule has 0 fully saturated rings. The second kappa shape index (κ2) is 7.36. The Kier molecular flexibility index (Phi) is 4.59. The van der Waals surface area contributed by atoms with E-state index >= 15 is 0 Å². The molecule has 0 unspecified atom stereocenters. The van der Waals surface area contributed by atoms with E-state index in [1.807, 2.05) is 36.4 Å². The molecule has 1 amide bonds. The van der Waals surface area contributed by atoms with Crippen LogP contribution in [0, 0.1) is 0 Å². The van der Waals surface area contributed by atoms with Crippen LogP contribution >= 0.6 is 0 Å². The Morgan fingerprint density at radius 2 is 1.89 bits per heavy atom. The Morgan fingerprint density at radius 1 is 1.07 bits per heavy atom. The number of rotatable bonds is 6. The van der Waals surface area contributed by atoms with Crippen molar-refractivity contribution in [1.82, 2.24) is 19.9 Å². The molecule has 0 saturated carbocycles. The number of hydrogen-bond donors (Lipinski definition) is 3. The van der Waals surface area contributed by atoms with Crippen LogP contribution in [-0.4, -0.2) is 33.0 Å². The van der Waals surface area contributed by atoms with Crippen LogP contribution in [0.5, 0.6) is 6.01 Å². The molecule has 0 aliphatic carbocycles. The van der Waals surface area contributed by atoms with Crippen molar-refractivity contribution in [2.75, 3.05) is 12.4 Å². The molecule has 0 aliphatic heterocycles. The lowest BCUT2D eigenvalue weighted by molar-refractivity contribution is 0.100. The normalized spacial score (nSPS) is 10.8. The van der Waals surface area contributed by atoms with Crippen LogP contribution in [0.25, 0.3) is 22.3 Å². The number of hydrogen-bond acceptors (Lipinski definition) is 6. The van der Waals surface area contributed by atoms with E-state index in [0.29, 0.717) is 35.0 Å². The summed E-state index contributed by atoms with van der Waals surface area (Å²) in [5, 5.41) is 4.69. The number of nitrogens with two attached hydrogens (primary N) is 1. The lowest BCUT2D eigenvalue weighted by Gasteiger charge is -2.08. The van der Waals surface area contributed by atoms with Crippen LogP contribution < -0.4 is 15.8 Å². The number of methoxy groups -OCH3 is 1. The van der Waals surface area contributed by atoms with Gasteiger partial charge in [0.05, 0.1) is 12.8 Å². The Bertz CT molecular complexity index is 1140. The van der Waals surface area contributed by atoms with Crippen LogP contribution in [0.2, 0.25) is 0 Å². The highest BCUT2D eigenvalue weighted by molar-refractivity contribution is 6.09. The summed E-state index contributed by atoms with van der Waals surface area (Å²) in [6.45, 7) is 0.560. The van der Waals surface area contributed by atoms with Crippen molar-refractivity contribution < 1.29 is 9.53 Å². The molecule has 28 heavy (non-hydrogen) atoms. The first kappa shape index (κ1) is 17.5. The number of ether oxygens (including phenoxy) is 1. The number of nitrogens with zero attached hydrogens (tertiary/aromatic N) is 3. The van der Waals surface area contributed by atoms with Crippen molar-refractivity contribution in [2.24, 2.45) is 5.73 Å². The van der Waals surface area contributed by atoms with Crippen LogP contribution in [0.15, 0.2) is 54.7 Å². The van der Waals surface area contributed by atoms with E-state index in [9.17, 15) is 4.79 Å². The van der Waals surface area contributed by atoms with Gasteiger partial charge < -0.3 is 20.8 Å². The summed E-state index contributed by atoms with van der Waals surface area (Å²) in [5.74, 6) is 0.299. The molecule has 0 saturated heterocycles. The monoisotopic (exact) mass is 374 g/mol. The number of fused-ring (bicyclic) bond motifs is 1. The molecule has 4 N–H and O–H groups in total. The van der Waals surface area contributed by atoms with E-state index in [2.05, 4.69) is 25.3 Å². The molecule has 2 heterocycles. The van der Waals surface area contributed by atoms with Crippen LogP contribution in [0.4, 0.5) is 5.95 Å². The van der Waals surface area contributed by atoms with Crippen molar-refractivity contribution in [2.45, 2.75) is 6.54 Å². The average molecular weight is 374 g/mol. The van der Waals surface area contributed by atoms with Gasteiger partial charge in [-0.3, -0.25) is 4.79 Å². The van der Waals surface area contributed by atoms with E-state index in [4.69, 9.17) is 10.5 Å². The fourth-order valence-electron chi connectivity index (χ4n) is 2.98. The molecule has 0 radical (unpaired) electrons. The van der Waals surface area contributed by atoms with E-state index in [-0.39, 0.29) is 6.01 Å². The first-order valence-electron chi connectivity index (χ1n) is 8.64. The largest absolute Gasteiger partial charge is 0.467 e. The van der Waals surface area contributed by atoms with E-state index in [0.717, 1.165) is 10.9 Å². The molecule has 4 aromatic rings. The summed E-state index contributed by atoms with van der Waals surface area (Å²) in [6.07, 6.45) is 1.72. The maximum Gasteiger partial charge on any atom is 0.321 e. The molecule has 0 atom stereocenters. The van der Waals surface area contributed by atoms with Gasteiger partial charge in [-0.25, -0.2) is 0 Å². The standard InChI is InChI=1S/C20H18N6O2/c1-28-20-25-18(24-19(26-20)23-10-12-6-3-2-4-7-12)16-13-8-5-9-14(17(21)27)15(13)11-22-16/h2-9,11,22H,10H2,1H3,(H2,21,27)(H,23,24,25,26). The molecular formula is C20H18N6O2. The number of amides is 1. The molecule has 0 aliphatic rings. The number of carbonyl (C=O) groups is 1. The molecule has 4 rings (SSSR count). The molecule has 0 bridgehead atoms. The molecule has 8 nitrogen and oxygen atoms in total. The van der Waals surface area contributed by atoms with Crippen molar-refractivity contribution in [1.29, 1.82) is 0 Å². The number of aromatic nitrogens is 4. The van der Waals surface area contributed by atoms with Gasteiger partial charge in [-0.15, -0.1) is 0 Å². The molecule has 2 aromatic heterocycles. The highest BCUT2D eigenvalue weighted by Gasteiger charge is 2.16. The summed E-state index contributed by atoms with van der Waals surface area (Å²) in [6, 6.07) is 15.4. The van der Waals surface area contributed by atoms with Gasteiger partial charge in [0.1, 0.15) is 0 Å². The summed E-state index contributed by atoms with van der Waals surface area (Å²) in [4.78, 5) is 27.9. The molecule has 2 aromatic carbocycles. The third-order valence-corrected chi connectivity index (χ3v) is 4.32. The molecule has 140 valence electrons. The maximum absolute atomic E-state index is 11.7. The number of carbonyl (C=O) groups excluding carboxylic acids is 1. The fourth-order valence-corrected chi connectivity index (χ4v) is 2.98. The van der Waals surface area contributed by atoms with Crippen LogP contribution in [0.3, 0.4) is 0 Å². The van der Waals surface area contributed by atoms with E-state index in [1.165, 1.54) is 7.11 Å². The van der Waals surface area contributed by atoms with E-state index in [1.54, 1.807) is 18.3 Å². The summed E-state index contributed by atoms with van der Waals surface area (Å²) in [5.41, 5.74) is 7.65. The van der Waals surface area contributed by atoms with Gasteiger partial charge in [-0.2, -0.15) is 15.0 Å². The molecule has 8 heteroatoms. The second-order valence-corrected chi connectivity index (χ2v) is 6.10. The topological polar surface area (TPSA) is 119 Å². The zero-order chi connectivity index (χ0) is 19.5. The SMILES string of the molecule is COc1nc(NCc2ccccc2)nc(-c2[nH]cc3c(C(N)=O)cccc23)n1. The number of primary amides is 1. The summed E-state index contributed by atoms with van der Waals surface area (Å²) >= 11 is 0. The molecule has 0 spiro atoms. The number of nitrogens with one attached hydrogen (secondary N) is 2.